The first kappa shape index (κ1) is 9.20. The van der Waals surface area contributed by atoms with E-state index in [0.29, 0.717) is 0 Å². The molecule has 0 saturated carbocycles. The van der Waals surface area contributed by atoms with E-state index < -0.39 is 0 Å². The van der Waals surface area contributed by atoms with Gasteiger partial charge in [0.15, 0.2) is 0 Å². The molecule has 2 rings (SSSR count). The molecule has 0 aliphatic heterocycles. The van der Waals surface area contributed by atoms with Crippen LogP contribution in [0.3, 0.4) is 0 Å². The normalized spacial score (nSPS) is 16.1. The maximum absolute atomic E-state index is 13.4. The predicted molar refractivity (Wildman–Crippen MR) is 57.4 cm³/mol. The highest BCUT2D eigenvalue weighted by Crippen LogP contribution is 2.32. The molecule has 1 aliphatic rings. The molecule has 1 aromatic rings. The molecule has 0 radical (unpaired) electrons. The van der Waals surface area contributed by atoms with Crippen LogP contribution in [0.4, 0.5) is 4.39 Å². The molecule has 0 spiro atoms. The van der Waals surface area contributed by atoms with Gasteiger partial charge in [-0.2, -0.15) is 0 Å². The quantitative estimate of drug-likeness (QED) is 0.626. The maximum atomic E-state index is 13.4. The van der Waals surface area contributed by atoms with Crippen molar-refractivity contribution in [3.05, 3.63) is 52.9 Å². The van der Waals surface area contributed by atoms with Crippen molar-refractivity contribution in [3.63, 3.8) is 0 Å². The Hall–Kier alpha value is -1.37. The highest BCUT2D eigenvalue weighted by Gasteiger charge is 2.13. The van der Waals surface area contributed by atoms with Crippen molar-refractivity contribution < 1.29 is 4.39 Å². The Morgan fingerprint density at radius 3 is 2.43 bits per heavy atom. The van der Waals surface area contributed by atoms with Gasteiger partial charge in [-0.1, -0.05) is 35.4 Å². The van der Waals surface area contributed by atoms with Gasteiger partial charge in [-0.15, -0.1) is 0 Å². The van der Waals surface area contributed by atoms with Gasteiger partial charge in [0.05, 0.1) is 0 Å². The van der Waals surface area contributed by atoms with Gasteiger partial charge in [0.2, 0.25) is 0 Å². The number of halogens is 1. The second-order valence-corrected chi connectivity index (χ2v) is 3.79. The van der Waals surface area contributed by atoms with Gasteiger partial charge in [-0.05, 0) is 31.9 Å². The molecule has 1 heteroatoms. The van der Waals surface area contributed by atoms with Crippen LogP contribution in [0.1, 0.15) is 25.8 Å². The molecule has 14 heavy (non-hydrogen) atoms. The number of hydrogen-bond donors (Lipinski definition) is 0. The highest BCUT2D eigenvalue weighted by atomic mass is 19.1. The van der Waals surface area contributed by atoms with Crippen LogP contribution in [0.15, 0.2) is 41.5 Å². The first-order valence-electron chi connectivity index (χ1n) is 4.80. The van der Waals surface area contributed by atoms with E-state index in [1.165, 1.54) is 17.2 Å². The van der Waals surface area contributed by atoms with Gasteiger partial charge in [0, 0.05) is 5.56 Å². The Bertz CT molecular complexity index is 425. The monoisotopic (exact) mass is 188 g/mol. The smallest absolute Gasteiger partial charge is 0.130 e. The number of hydrogen-bond acceptors (Lipinski definition) is 0. The third-order valence-electron chi connectivity index (χ3n) is 2.74. The molecule has 0 heterocycles. The van der Waals surface area contributed by atoms with E-state index in [-0.39, 0.29) is 5.82 Å². The van der Waals surface area contributed by atoms with Crippen LogP contribution in [-0.2, 0) is 0 Å². The molecule has 0 bridgehead atoms. The molecule has 1 aromatic carbocycles. The standard InChI is InChI=1S/C13H13F/c1-9-7-11(8-10(9)2)12-5-3-4-6-13(12)14/h3-7H,8H2,1-2H3. The molecule has 0 saturated heterocycles. The van der Waals surface area contributed by atoms with Gasteiger partial charge in [-0.25, -0.2) is 4.39 Å². The Morgan fingerprint density at radius 2 is 1.86 bits per heavy atom. The zero-order valence-corrected chi connectivity index (χ0v) is 8.47. The summed E-state index contributed by atoms with van der Waals surface area (Å²) in [7, 11) is 0. The fourth-order valence-corrected chi connectivity index (χ4v) is 1.76. The Balaban J connectivity index is 2.37. The van der Waals surface area contributed by atoms with Gasteiger partial charge < -0.3 is 0 Å². The van der Waals surface area contributed by atoms with Gasteiger partial charge in [0.1, 0.15) is 5.82 Å². The van der Waals surface area contributed by atoms with Crippen LogP contribution in [0.5, 0.6) is 0 Å². The van der Waals surface area contributed by atoms with E-state index >= 15 is 0 Å². The molecule has 72 valence electrons. The number of benzene rings is 1. The first-order valence-corrected chi connectivity index (χ1v) is 4.80. The molecule has 0 amide bonds. The molecule has 0 N–H and O–H groups in total. The van der Waals surface area contributed by atoms with Crippen molar-refractivity contribution in [2.45, 2.75) is 20.3 Å². The van der Waals surface area contributed by atoms with Crippen molar-refractivity contribution in [1.29, 1.82) is 0 Å². The lowest BCUT2D eigenvalue weighted by Crippen LogP contribution is -1.87. The van der Waals surface area contributed by atoms with E-state index in [9.17, 15) is 4.39 Å². The van der Waals surface area contributed by atoms with E-state index in [2.05, 4.69) is 19.9 Å². The zero-order chi connectivity index (χ0) is 10.1. The molecule has 1 aliphatic carbocycles. The van der Waals surface area contributed by atoms with E-state index in [4.69, 9.17) is 0 Å². The zero-order valence-electron chi connectivity index (χ0n) is 8.47. The molecule has 0 aromatic heterocycles. The minimum atomic E-state index is -0.124. The third-order valence-corrected chi connectivity index (χ3v) is 2.74. The van der Waals surface area contributed by atoms with Gasteiger partial charge in [0.25, 0.3) is 0 Å². The van der Waals surface area contributed by atoms with Crippen LogP contribution in [0.2, 0.25) is 0 Å². The van der Waals surface area contributed by atoms with Crippen molar-refractivity contribution in [1.82, 2.24) is 0 Å². The maximum Gasteiger partial charge on any atom is 0.130 e. The summed E-state index contributed by atoms with van der Waals surface area (Å²) in [6.45, 7) is 4.17. The summed E-state index contributed by atoms with van der Waals surface area (Å²) < 4.78 is 13.4. The summed E-state index contributed by atoms with van der Waals surface area (Å²) in [5.41, 5.74) is 4.44. The van der Waals surface area contributed by atoms with Crippen LogP contribution >= 0.6 is 0 Å². The van der Waals surface area contributed by atoms with Crippen LogP contribution < -0.4 is 0 Å². The van der Waals surface area contributed by atoms with Crippen molar-refractivity contribution in [2.24, 2.45) is 0 Å². The minimum absolute atomic E-state index is 0.124. The Kier molecular flexibility index (Phi) is 2.24. The summed E-state index contributed by atoms with van der Waals surface area (Å²) >= 11 is 0. The fourth-order valence-electron chi connectivity index (χ4n) is 1.76. The molecule has 0 atom stereocenters. The highest BCUT2D eigenvalue weighted by molar-refractivity contribution is 5.74. The van der Waals surface area contributed by atoms with Crippen LogP contribution in [0.25, 0.3) is 5.57 Å². The van der Waals surface area contributed by atoms with E-state index in [1.54, 1.807) is 6.07 Å². The lowest BCUT2D eigenvalue weighted by Gasteiger charge is -2.03. The van der Waals surface area contributed by atoms with Crippen molar-refractivity contribution in [3.8, 4) is 0 Å². The molecule has 0 nitrogen and oxygen atoms in total. The predicted octanol–water partition coefficient (Wildman–Crippen LogP) is 3.95. The minimum Gasteiger partial charge on any atom is -0.206 e. The fraction of sp³-hybridized carbons (Fsp3) is 0.231. The second-order valence-electron chi connectivity index (χ2n) is 3.79. The van der Waals surface area contributed by atoms with E-state index in [1.807, 2.05) is 12.1 Å². The largest absolute Gasteiger partial charge is 0.206 e. The Morgan fingerprint density at radius 1 is 1.14 bits per heavy atom. The van der Waals surface area contributed by atoms with Crippen molar-refractivity contribution >= 4 is 5.57 Å². The van der Waals surface area contributed by atoms with Crippen LogP contribution in [0, 0.1) is 5.82 Å². The average molecular weight is 188 g/mol. The topological polar surface area (TPSA) is 0 Å². The average Bonchev–Trinajstić information content (AvgIpc) is 2.48. The SMILES string of the molecule is CC1=C(C)CC(c2ccccc2F)=C1. The van der Waals surface area contributed by atoms with Gasteiger partial charge >= 0.3 is 0 Å². The summed E-state index contributed by atoms with van der Waals surface area (Å²) in [6.07, 6.45) is 2.96. The molecular formula is C13H13F. The lowest BCUT2D eigenvalue weighted by molar-refractivity contribution is 0.623. The van der Waals surface area contributed by atoms with E-state index in [0.717, 1.165) is 17.6 Å². The van der Waals surface area contributed by atoms with Crippen LogP contribution in [-0.4, -0.2) is 0 Å². The van der Waals surface area contributed by atoms with Gasteiger partial charge in [-0.3, -0.25) is 0 Å². The summed E-state index contributed by atoms with van der Waals surface area (Å²) in [5, 5.41) is 0. The number of allylic oxidation sites excluding steroid dienone is 4. The summed E-state index contributed by atoms with van der Waals surface area (Å²) in [4.78, 5) is 0. The first-order chi connectivity index (χ1) is 6.68. The second kappa shape index (κ2) is 3.41. The number of rotatable bonds is 1. The van der Waals surface area contributed by atoms with Crippen molar-refractivity contribution in [2.75, 3.05) is 0 Å². The summed E-state index contributed by atoms with van der Waals surface area (Å²) in [5.74, 6) is -0.124. The lowest BCUT2D eigenvalue weighted by atomic mass is 10.0. The molecular weight excluding hydrogens is 175 g/mol. The molecule has 0 unspecified atom stereocenters. The Labute approximate surface area is 83.8 Å². The summed E-state index contributed by atoms with van der Waals surface area (Å²) in [6, 6.07) is 6.95. The third kappa shape index (κ3) is 1.50. The molecule has 0 fully saturated rings.